The lowest BCUT2D eigenvalue weighted by atomic mass is 10.1. The summed E-state index contributed by atoms with van der Waals surface area (Å²) in [7, 11) is -1.07. The van der Waals surface area contributed by atoms with E-state index in [1.165, 1.54) is 0 Å². The zero-order valence-electron chi connectivity index (χ0n) is 14.8. The van der Waals surface area contributed by atoms with Crippen LogP contribution in [-0.2, 0) is 15.6 Å². The average Bonchev–Trinajstić information content (AvgIpc) is 2.95. The van der Waals surface area contributed by atoms with Crippen LogP contribution in [0, 0.1) is 5.92 Å². The maximum absolute atomic E-state index is 12.8. The zero-order chi connectivity index (χ0) is 18.6. The summed E-state index contributed by atoms with van der Waals surface area (Å²) in [5.41, 5.74) is 1.30. The van der Waals surface area contributed by atoms with Gasteiger partial charge in [0.2, 0.25) is 5.91 Å². The molecule has 0 saturated carbocycles. The first-order valence-electron chi connectivity index (χ1n) is 8.13. The molecule has 2 rings (SSSR count). The normalized spacial score (nSPS) is 13.7. The summed E-state index contributed by atoms with van der Waals surface area (Å²) in [5, 5.41) is 4.33. The number of carbonyl (C=O) groups is 1. The lowest BCUT2D eigenvalue weighted by Gasteiger charge is -2.24. The minimum Gasteiger partial charge on any atom is -0.308 e. The van der Waals surface area contributed by atoms with Crippen molar-refractivity contribution in [2.75, 3.05) is 17.7 Å². The van der Waals surface area contributed by atoms with Gasteiger partial charge in [0, 0.05) is 41.5 Å². The molecule has 0 fully saturated rings. The van der Waals surface area contributed by atoms with E-state index in [1.54, 1.807) is 40.5 Å². The Hall–Kier alpha value is -1.73. The predicted molar refractivity (Wildman–Crippen MR) is 102 cm³/mol. The molecule has 0 aliphatic heterocycles. The minimum atomic E-state index is -1.07. The standard InChI is InChI=1S/C17H23ClN4O2S/c1-5-21(16(23)9-15(12(2)3)25(4)24)14-11-22(20-17(14)18)13-7-6-8-19-10-13/h6-8,10-12,15H,5,9H2,1-4H3. The highest BCUT2D eigenvalue weighted by Gasteiger charge is 2.26. The largest absolute Gasteiger partial charge is 0.308 e. The molecule has 0 bridgehead atoms. The van der Waals surface area contributed by atoms with Gasteiger partial charge in [-0.15, -0.1) is 0 Å². The van der Waals surface area contributed by atoms with Crippen LogP contribution in [-0.4, -0.2) is 42.9 Å². The molecule has 0 spiro atoms. The Balaban J connectivity index is 2.27. The second kappa shape index (κ2) is 8.58. The first kappa shape index (κ1) is 19.6. The van der Waals surface area contributed by atoms with E-state index in [0.29, 0.717) is 12.2 Å². The maximum atomic E-state index is 12.8. The Morgan fingerprint density at radius 1 is 1.44 bits per heavy atom. The summed E-state index contributed by atoms with van der Waals surface area (Å²) in [6.07, 6.45) is 6.91. The van der Waals surface area contributed by atoms with E-state index in [1.807, 2.05) is 26.8 Å². The quantitative estimate of drug-likeness (QED) is 0.738. The topological polar surface area (TPSA) is 68.1 Å². The van der Waals surface area contributed by atoms with Crippen LogP contribution in [0.2, 0.25) is 5.15 Å². The number of nitrogens with zero attached hydrogens (tertiary/aromatic N) is 4. The minimum absolute atomic E-state index is 0.107. The van der Waals surface area contributed by atoms with E-state index in [-0.39, 0.29) is 28.6 Å². The average molecular weight is 383 g/mol. The summed E-state index contributed by atoms with van der Waals surface area (Å²) < 4.78 is 13.5. The molecule has 1 amide bonds. The van der Waals surface area contributed by atoms with Gasteiger partial charge in [0.1, 0.15) is 5.69 Å². The molecule has 2 aromatic heterocycles. The number of hydrogen-bond donors (Lipinski definition) is 0. The Labute approximate surface area is 155 Å². The summed E-state index contributed by atoms with van der Waals surface area (Å²) in [4.78, 5) is 18.4. The second-order valence-electron chi connectivity index (χ2n) is 6.08. The zero-order valence-corrected chi connectivity index (χ0v) is 16.4. The third-order valence-corrected chi connectivity index (χ3v) is 5.85. The van der Waals surface area contributed by atoms with Gasteiger partial charge in [-0.3, -0.25) is 14.0 Å². The molecule has 0 saturated heterocycles. The molecular weight excluding hydrogens is 360 g/mol. The molecule has 0 aliphatic rings. The molecule has 2 aromatic rings. The Kier molecular flexibility index (Phi) is 6.72. The number of anilines is 1. The number of amides is 1. The molecule has 2 unspecified atom stereocenters. The summed E-state index contributed by atoms with van der Waals surface area (Å²) in [6.45, 7) is 6.29. The molecule has 2 heterocycles. The number of carbonyl (C=O) groups excluding carboxylic acids is 1. The van der Waals surface area contributed by atoms with Gasteiger partial charge in [0.05, 0.1) is 18.1 Å². The number of hydrogen-bond acceptors (Lipinski definition) is 4. The van der Waals surface area contributed by atoms with E-state index >= 15 is 0 Å². The molecule has 0 aliphatic carbocycles. The monoisotopic (exact) mass is 382 g/mol. The third kappa shape index (κ3) is 4.67. The van der Waals surface area contributed by atoms with Crippen molar-refractivity contribution in [1.29, 1.82) is 0 Å². The van der Waals surface area contributed by atoms with Gasteiger partial charge < -0.3 is 4.90 Å². The van der Waals surface area contributed by atoms with Gasteiger partial charge in [-0.25, -0.2) is 4.68 Å². The fourth-order valence-corrected chi connectivity index (χ4v) is 4.02. The van der Waals surface area contributed by atoms with Crippen molar-refractivity contribution in [1.82, 2.24) is 14.8 Å². The van der Waals surface area contributed by atoms with E-state index in [9.17, 15) is 9.00 Å². The van der Waals surface area contributed by atoms with Crippen molar-refractivity contribution in [2.24, 2.45) is 5.92 Å². The van der Waals surface area contributed by atoms with Gasteiger partial charge in [-0.1, -0.05) is 25.4 Å². The molecule has 25 heavy (non-hydrogen) atoms. The smallest absolute Gasteiger partial charge is 0.228 e. The van der Waals surface area contributed by atoms with Crippen molar-refractivity contribution >= 4 is 34.0 Å². The Morgan fingerprint density at radius 3 is 2.68 bits per heavy atom. The first-order chi connectivity index (χ1) is 11.8. The fraction of sp³-hybridized carbons (Fsp3) is 0.471. The van der Waals surface area contributed by atoms with E-state index < -0.39 is 10.8 Å². The van der Waals surface area contributed by atoms with Gasteiger partial charge in [0.15, 0.2) is 5.15 Å². The SMILES string of the molecule is CCN(C(=O)CC(C(C)C)S(C)=O)c1cn(-c2cccnc2)nc1Cl. The second-order valence-corrected chi connectivity index (χ2v) is 8.04. The third-order valence-electron chi connectivity index (χ3n) is 4.02. The molecule has 0 N–H and O–H groups in total. The predicted octanol–water partition coefficient (Wildman–Crippen LogP) is 3.07. The van der Waals surface area contributed by atoms with Crippen molar-refractivity contribution in [2.45, 2.75) is 32.4 Å². The highest BCUT2D eigenvalue weighted by atomic mass is 35.5. The molecule has 2 atom stereocenters. The van der Waals surface area contributed by atoms with Crippen molar-refractivity contribution < 1.29 is 9.00 Å². The van der Waals surface area contributed by atoms with Crippen molar-refractivity contribution in [3.05, 3.63) is 35.9 Å². The van der Waals surface area contributed by atoms with Gasteiger partial charge >= 0.3 is 0 Å². The van der Waals surface area contributed by atoms with Crippen LogP contribution in [0.25, 0.3) is 5.69 Å². The molecule has 6 nitrogen and oxygen atoms in total. The van der Waals surface area contributed by atoms with Crippen LogP contribution in [0.3, 0.4) is 0 Å². The highest BCUT2D eigenvalue weighted by molar-refractivity contribution is 7.84. The van der Waals surface area contributed by atoms with E-state index in [0.717, 1.165) is 5.69 Å². The summed E-state index contributed by atoms with van der Waals surface area (Å²) >= 11 is 6.27. The van der Waals surface area contributed by atoms with E-state index in [4.69, 9.17) is 11.6 Å². The number of rotatable bonds is 7. The Bertz CT molecular complexity index is 748. The molecule has 136 valence electrons. The first-order valence-corrected chi connectivity index (χ1v) is 10.1. The van der Waals surface area contributed by atoms with Crippen molar-refractivity contribution in [3.63, 3.8) is 0 Å². The summed E-state index contributed by atoms with van der Waals surface area (Å²) in [6, 6.07) is 3.66. The lowest BCUT2D eigenvalue weighted by Crippen LogP contribution is -2.36. The number of halogens is 1. The van der Waals surface area contributed by atoms with Crippen LogP contribution < -0.4 is 4.90 Å². The van der Waals surface area contributed by atoms with Gasteiger partial charge in [0.25, 0.3) is 0 Å². The van der Waals surface area contributed by atoms with Crippen LogP contribution in [0.5, 0.6) is 0 Å². The summed E-state index contributed by atoms with van der Waals surface area (Å²) in [5.74, 6) is 0.0473. The fourth-order valence-electron chi connectivity index (χ4n) is 2.65. The van der Waals surface area contributed by atoms with Crippen LogP contribution >= 0.6 is 11.6 Å². The van der Waals surface area contributed by atoms with Crippen LogP contribution in [0.1, 0.15) is 27.2 Å². The molecule has 8 heteroatoms. The molecule has 0 aromatic carbocycles. The molecular formula is C17H23ClN4O2S. The Morgan fingerprint density at radius 2 is 2.16 bits per heavy atom. The van der Waals surface area contributed by atoms with Crippen LogP contribution in [0.4, 0.5) is 5.69 Å². The van der Waals surface area contributed by atoms with Crippen LogP contribution in [0.15, 0.2) is 30.7 Å². The van der Waals surface area contributed by atoms with Crippen molar-refractivity contribution in [3.8, 4) is 5.69 Å². The maximum Gasteiger partial charge on any atom is 0.228 e. The highest BCUT2D eigenvalue weighted by Crippen LogP contribution is 2.27. The van der Waals surface area contributed by atoms with Gasteiger partial charge in [-0.2, -0.15) is 5.10 Å². The van der Waals surface area contributed by atoms with E-state index in [2.05, 4.69) is 10.1 Å². The van der Waals surface area contributed by atoms with Gasteiger partial charge in [-0.05, 0) is 25.0 Å². The lowest BCUT2D eigenvalue weighted by molar-refractivity contribution is -0.118. The molecule has 0 radical (unpaired) electrons. The number of aromatic nitrogens is 3. The number of pyridine rings is 1.